The maximum absolute atomic E-state index is 13.2. The molecule has 0 fully saturated rings. The monoisotopic (exact) mass is 396 g/mol. The summed E-state index contributed by atoms with van der Waals surface area (Å²) >= 11 is 0. The van der Waals surface area contributed by atoms with Gasteiger partial charge in [-0.05, 0) is 28.3 Å². The summed E-state index contributed by atoms with van der Waals surface area (Å²) in [5, 5.41) is 3.19. The lowest BCUT2D eigenvalue weighted by molar-refractivity contribution is -0.130. The van der Waals surface area contributed by atoms with E-state index in [4.69, 9.17) is 0 Å². The predicted octanol–water partition coefficient (Wildman–Crippen LogP) is 4.86. The number of carbonyl (C=O) groups excluding carboxylic acids is 2. The molecule has 1 unspecified atom stereocenters. The van der Waals surface area contributed by atoms with E-state index in [1.165, 1.54) is 6.92 Å². The zero-order chi connectivity index (χ0) is 20.9. The van der Waals surface area contributed by atoms with Crippen molar-refractivity contribution in [3.05, 3.63) is 113 Å². The lowest BCUT2D eigenvalue weighted by atomic mass is 9.93. The molecule has 150 valence electrons. The third kappa shape index (κ3) is 4.18. The molecule has 0 aromatic heterocycles. The van der Waals surface area contributed by atoms with E-state index in [1.807, 2.05) is 91.0 Å². The van der Waals surface area contributed by atoms with Gasteiger partial charge in [-0.25, -0.2) is 0 Å². The van der Waals surface area contributed by atoms with Crippen molar-refractivity contribution >= 4 is 17.9 Å². The highest BCUT2D eigenvalue weighted by molar-refractivity contribution is 5.82. The molecule has 3 aromatic rings. The second kappa shape index (κ2) is 8.78. The van der Waals surface area contributed by atoms with Gasteiger partial charge >= 0.3 is 0 Å². The summed E-state index contributed by atoms with van der Waals surface area (Å²) in [6.45, 7) is 1.53. The van der Waals surface area contributed by atoms with Crippen molar-refractivity contribution in [2.45, 2.75) is 25.4 Å². The molecule has 4 nitrogen and oxygen atoms in total. The Morgan fingerprint density at radius 2 is 1.43 bits per heavy atom. The van der Waals surface area contributed by atoms with Gasteiger partial charge in [0.2, 0.25) is 11.8 Å². The number of fused-ring (bicyclic) bond motifs is 1. The molecule has 2 amide bonds. The molecule has 0 spiro atoms. The summed E-state index contributed by atoms with van der Waals surface area (Å²) in [5.41, 5.74) is 4.06. The number of amides is 2. The first kappa shape index (κ1) is 19.6. The molecule has 1 heterocycles. The highest BCUT2D eigenvalue weighted by atomic mass is 16.2. The number of nitrogens with one attached hydrogen (secondary N) is 1. The third-order valence-electron chi connectivity index (χ3n) is 5.42. The van der Waals surface area contributed by atoms with Crippen LogP contribution in [0.1, 0.15) is 47.7 Å². The lowest BCUT2D eigenvalue weighted by Crippen LogP contribution is -2.36. The van der Waals surface area contributed by atoms with Crippen LogP contribution in [0.2, 0.25) is 0 Å². The van der Waals surface area contributed by atoms with Crippen LogP contribution >= 0.6 is 0 Å². The summed E-state index contributed by atoms with van der Waals surface area (Å²) < 4.78 is 0. The van der Waals surface area contributed by atoms with Crippen molar-refractivity contribution in [3.8, 4) is 0 Å². The molecule has 0 radical (unpaired) electrons. The number of hydrogen-bond donors (Lipinski definition) is 1. The largest absolute Gasteiger partial charge is 0.345 e. The zero-order valence-corrected chi connectivity index (χ0v) is 16.9. The summed E-state index contributed by atoms with van der Waals surface area (Å²) in [5.74, 6) is -0.185. The van der Waals surface area contributed by atoms with E-state index in [9.17, 15) is 9.59 Å². The fourth-order valence-electron chi connectivity index (χ4n) is 3.96. The predicted molar refractivity (Wildman–Crippen MR) is 118 cm³/mol. The SMILES string of the molecule is CC(=O)N1C=Cc2ccccc2C1CC(=O)NC(c1ccccc1)c1ccccc1. The lowest BCUT2D eigenvalue weighted by Gasteiger charge is -2.32. The van der Waals surface area contributed by atoms with Gasteiger partial charge in [-0.15, -0.1) is 0 Å². The van der Waals surface area contributed by atoms with Gasteiger partial charge in [0, 0.05) is 13.1 Å². The van der Waals surface area contributed by atoms with Crippen molar-refractivity contribution in [1.29, 1.82) is 0 Å². The molecular formula is C26H24N2O2. The molecule has 1 N–H and O–H groups in total. The van der Waals surface area contributed by atoms with Gasteiger partial charge in [-0.2, -0.15) is 0 Å². The number of nitrogens with zero attached hydrogens (tertiary/aromatic N) is 1. The van der Waals surface area contributed by atoms with E-state index >= 15 is 0 Å². The van der Waals surface area contributed by atoms with Gasteiger partial charge in [-0.3, -0.25) is 9.59 Å². The van der Waals surface area contributed by atoms with Gasteiger partial charge in [-0.1, -0.05) is 84.9 Å². The Bertz CT molecular complexity index is 1020. The Morgan fingerprint density at radius 1 is 0.867 bits per heavy atom. The van der Waals surface area contributed by atoms with Crippen molar-refractivity contribution in [1.82, 2.24) is 10.2 Å². The molecule has 0 aliphatic carbocycles. The maximum atomic E-state index is 13.2. The Morgan fingerprint density at radius 3 is 2.03 bits per heavy atom. The second-order valence-corrected chi connectivity index (χ2v) is 7.41. The summed E-state index contributed by atoms with van der Waals surface area (Å²) in [7, 11) is 0. The zero-order valence-electron chi connectivity index (χ0n) is 16.9. The second-order valence-electron chi connectivity index (χ2n) is 7.41. The van der Waals surface area contributed by atoms with E-state index in [0.717, 1.165) is 22.3 Å². The molecule has 1 aliphatic heterocycles. The molecule has 0 saturated heterocycles. The van der Waals surface area contributed by atoms with Crippen LogP contribution in [0, 0.1) is 0 Å². The van der Waals surface area contributed by atoms with Crippen LogP contribution in [-0.2, 0) is 9.59 Å². The normalized spacial score (nSPS) is 15.0. The van der Waals surface area contributed by atoms with E-state index in [-0.39, 0.29) is 30.3 Å². The summed E-state index contributed by atoms with van der Waals surface area (Å²) in [4.78, 5) is 27.0. The van der Waals surface area contributed by atoms with Crippen molar-refractivity contribution in [2.24, 2.45) is 0 Å². The van der Waals surface area contributed by atoms with Crippen LogP contribution in [0.5, 0.6) is 0 Å². The minimum absolute atomic E-state index is 0.0822. The fourth-order valence-corrected chi connectivity index (χ4v) is 3.96. The van der Waals surface area contributed by atoms with Crippen molar-refractivity contribution < 1.29 is 9.59 Å². The van der Waals surface area contributed by atoms with Crippen LogP contribution in [0.4, 0.5) is 0 Å². The first-order valence-electron chi connectivity index (χ1n) is 10.1. The van der Waals surface area contributed by atoms with E-state index in [2.05, 4.69) is 5.32 Å². The summed E-state index contributed by atoms with van der Waals surface area (Å²) in [6.07, 6.45) is 3.88. The highest BCUT2D eigenvalue weighted by Gasteiger charge is 2.29. The molecule has 4 rings (SSSR count). The Balaban J connectivity index is 1.60. The average Bonchev–Trinajstić information content (AvgIpc) is 2.78. The number of rotatable bonds is 5. The van der Waals surface area contributed by atoms with Crippen LogP contribution in [-0.4, -0.2) is 16.7 Å². The fraction of sp³-hybridized carbons (Fsp3) is 0.154. The topological polar surface area (TPSA) is 49.4 Å². The van der Waals surface area contributed by atoms with Crippen LogP contribution in [0.3, 0.4) is 0 Å². The van der Waals surface area contributed by atoms with E-state index in [0.29, 0.717) is 0 Å². The molecule has 1 atom stereocenters. The maximum Gasteiger partial charge on any atom is 0.223 e. The third-order valence-corrected chi connectivity index (χ3v) is 5.42. The van der Waals surface area contributed by atoms with Gasteiger partial charge in [0.25, 0.3) is 0 Å². The number of hydrogen-bond acceptors (Lipinski definition) is 2. The van der Waals surface area contributed by atoms with Crippen molar-refractivity contribution in [3.63, 3.8) is 0 Å². The average molecular weight is 396 g/mol. The standard InChI is InChI=1S/C26H24N2O2/c1-19(29)28-17-16-20-10-8-9-15-23(20)24(28)18-25(30)27-26(21-11-4-2-5-12-21)22-13-6-3-7-14-22/h2-17,24,26H,18H2,1H3,(H,27,30). The van der Waals surface area contributed by atoms with Crippen molar-refractivity contribution in [2.75, 3.05) is 0 Å². The van der Waals surface area contributed by atoms with Gasteiger partial charge in [0.05, 0.1) is 18.5 Å². The molecule has 1 aliphatic rings. The Hall–Kier alpha value is -3.66. The van der Waals surface area contributed by atoms with Crippen LogP contribution < -0.4 is 5.32 Å². The molecule has 3 aromatic carbocycles. The minimum Gasteiger partial charge on any atom is -0.345 e. The van der Waals surface area contributed by atoms with Gasteiger partial charge < -0.3 is 10.2 Å². The smallest absolute Gasteiger partial charge is 0.223 e. The highest BCUT2D eigenvalue weighted by Crippen LogP contribution is 2.33. The first-order valence-corrected chi connectivity index (χ1v) is 10.1. The Labute approximate surface area is 176 Å². The van der Waals surface area contributed by atoms with Gasteiger partial charge in [0.1, 0.15) is 0 Å². The molecule has 30 heavy (non-hydrogen) atoms. The van der Waals surface area contributed by atoms with Gasteiger partial charge in [0.15, 0.2) is 0 Å². The summed E-state index contributed by atoms with van der Waals surface area (Å²) in [6, 6.07) is 27.2. The van der Waals surface area contributed by atoms with Crippen LogP contribution in [0.25, 0.3) is 6.08 Å². The van der Waals surface area contributed by atoms with E-state index < -0.39 is 0 Å². The number of carbonyl (C=O) groups is 2. The molecule has 0 bridgehead atoms. The first-order chi connectivity index (χ1) is 14.6. The molecular weight excluding hydrogens is 372 g/mol. The quantitative estimate of drug-likeness (QED) is 0.670. The molecule has 0 saturated carbocycles. The minimum atomic E-state index is -0.323. The Kier molecular flexibility index (Phi) is 5.75. The number of benzene rings is 3. The van der Waals surface area contributed by atoms with E-state index in [1.54, 1.807) is 11.1 Å². The van der Waals surface area contributed by atoms with Crippen LogP contribution in [0.15, 0.2) is 91.1 Å². The molecule has 4 heteroatoms.